The molecular formula is C46H28N4O. The lowest BCUT2D eigenvalue weighted by Crippen LogP contribution is -1.93. The van der Waals surface area contributed by atoms with Crippen LogP contribution in [-0.4, -0.2) is 19.1 Å². The van der Waals surface area contributed by atoms with Gasteiger partial charge in [0.05, 0.1) is 38.8 Å². The van der Waals surface area contributed by atoms with E-state index in [1.165, 1.54) is 32.6 Å². The van der Waals surface area contributed by atoms with Crippen LogP contribution in [0.2, 0.25) is 0 Å². The molecule has 0 unspecified atom stereocenters. The van der Waals surface area contributed by atoms with E-state index in [0.29, 0.717) is 5.71 Å². The Morgan fingerprint density at radius 1 is 0.373 bits per heavy atom. The van der Waals surface area contributed by atoms with Crippen LogP contribution in [-0.2, 0) is 0 Å². The molecule has 11 aromatic rings. The predicted molar refractivity (Wildman–Crippen MR) is 209 cm³/mol. The van der Waals surface area contributed by atoms with Crippen LogP contribution < -0.4 is 0 Å². The SMILES string of the molecule is c1ccc(-n2c3ccccc3c3cc(-c4ccc5c(n4)oc4ccc(-c6ccc7c8ccccc8n(-c8ccccc8)c7c6)nc45)ccc32)cc1. The van der Waals surface area contributed by atoms with E-state index in [-0.39, 0.29) is 0 Å². The molecule has 238 valence electrons. The average molecular weight is 653 g/mol. The fraction of sp³-hybridized carbons (Fsp3) is 0. The summed E-state index contributed by atoms with van der Waals surface area (Å²) in [7, 11) is 0. The maximum atomic E-state index is 6.33. The van der Waals surface area contributed by atoms with E-state index in [2.05, 4.69) is 167 Å². The molecule has 0 aliphatic heterocycles. The number of para-hydroxylation sites is 4. The quantitative estimate of drug-likeness (QED) is 0.190. The number of benzene rings is 6. The molecular weight excluding hydrogens is 625 g/mol. The second-order valence-electron chi connectivity index (χ2n) is 13.0. The van der Waals surface area contributed by atoms with Crippen LogP contribution in [0.5, 0.6) is 0 Å². The van der Waals surface area contributed by atoms with Gasteiger partial charge in [-0.3, -0.25) is 0 Å². The number of furan rings is 1. The monoisotopic (exact) mass is 652 g/mol. The molecule has 0 radical (unpaired) electrons. The van der Waals surface area contributed by atoms with Crippen molar-refractivity contribution in [2.75, 3.05) is 0 Å². The standard InChI is InChI=1S/C46H28N4O/c1-3-11-31(12-4-1)49-41-18-10-8-16-34(41)37-27-29(20-25-42(37)49)39-23-22-36-45-44(51-46(36)48-39)26-24-38(47-45)30-19-21-35-33-15-7-9-17-40(33)50(43(35)28-30)32-13-5-2-6-14-32/h1-28H. The smallest absolute Gasteiger partial charge is 0.229 e. The number of fused-ring (bicyclic) bond motifs is 9. The molecule has 5 nitrogen and oxygen atoms in total. The van der Waals surface area contributed by atoms with Gasteiger partial charge in [-0.25, -0.2) is 9.97 Å². The minimum Gasteiger partial charge on any atom is -0.436 e. The Balaban J connectivity index is 1.02. The topological polar surface area (TPSA) is 48.8 Å². The zero-order valence-electron chi connectivity index (χ0n) is 27.4. The highest BCUT2D eigenvalue weighted by atomic mass is 16.3. The second-order valence-corrected chi connectivity index (χ2v) is 13.0. The van der Waals surface area contributed by atoms with Crippen molar-refractivity contribution in [3.05, 3.63) is 170 Å². The molecule has 0 amide bonds. The Labute approximate surface area is 292 Å². The summed E-state index contributed by atoms with van der Waals surface area (Å²) >= 11 is 0. The first-order chi connectivity index (χ1) is 25.3. The lowest BCUT2D eigenvalue weighted by Gasteiger charge is -2.08. The van der Waals surface area contributed by atoms with Gasteiger partial charge in [0.2, 0.25) is 5.71 Å². The molecule has 0 bridgehead atoms. The van der Waals surface area contributed by atoms with Crippen LogP contribution in [0.1, 0.15) is 0 Å². The zero-order valence-corrected chi connectivity index (χ0v) is 27.4. The number of aromatic nitrogens is 4. The Morgan fingerprint density at radius 2 is 0.902 bits per heavy atom. The van der Waals surface area contributed by atoms with E-state index < -0.39 is 0 Å². The lowest BCUT2D eigenvalue weighted by atomic mass is 10.1. The van der Waals surface area contributed by atoms with E-state index in [1.54, 1.807) is 0 Å². The third kappa shape index (κ3) is 4.22. The van der Waals surface area contributed by atoms with Crippen LogP contribution in [0.25, 0.3) is 99.7 Å². The van der Waals surface area contributed by atoms with E-state index in [9.17, 15) is 0 Å². The zero-order chi connectivity index (χ0) is 33.5. The van der Waals surface area contributed by atoms with Crippen LogP contribution in [0.4, 0.5) is 0 Å². The van der Waals surface area contributed by atoms with Gasteiger partial charge in [-0.1, -0.05) is 91.0 Å². The Morgan fingerprint density at radius 3 is 1.65 bits per heavy atom. The molecule has 5 aromatic heterocycles. The Kier molecular flexibility index (Phi) is 5.89. The van der Waals surface area contributed by atoms with Gasteiger partial charge in [-0.15, -0.1) is 0 Å². The highest BCUT2D eigenvalue weighted by molar-refractivity contribution is 6.12. The third-order valence-corrected chi connectivity index (χ3v) is 10.1. The molecule has 5 heterocycles. The lowest BCUT2D eigenvalue weighted by molar-refractivity contribution is 0.654. The van der Waals surface area contributed by atoms with Crippen molar-refractivity contribution in [2.45, 2.75) is 0 Å². The molecule has 0 fully saturated rings. The summed E-state index contributed by atoms with van der Waals surface area (Å²) < 4.78 is 11.0. The number of hydrogen-bond donors (Lipinski definition) is 0. The van der Waals surface area contributed by atoms with E-state index in [0.717, 1.165) is 61.4 Å². The molecule has 11 rings (SSSR count). The summed E-state index contributed by atoms with van der Waals surface area (Å²) in [5, 5.41) is 5.75. The molecule has 6 aromatic carbocycles. The summed E-state index contributed by atoms with van der Waals surface area (Å²) in [5.41, 5.74) is 12.9. The first kappa shape index (κ1) is 27.9. The number of rotatable bonds is 4. The fourth-order valence-corrected chi connectivity index (χ4v) is 7.82. The minimum atomic E-state index is 0.582. The molecule has 0 spiro atoms. The van der Waals surface area contributed by atoms with Gasteiger partial charge in [0, 0.05) is 44.0 Å². The molecule has 0 aliphatic rings. The van der Waals surface area contributed by atoms with E-state index in [1.807, 2.05) is 12.1 Å². The van der Waals surface area contributed by atoms with E-state index in [4.69, 9.17) is 14.4 Å². The van der Waals surface area contributed by atoms with Crippen molar-refractivity contribution < 1.29 is 4.42 Å². The first-order valence-electron chi connectivity index (χ1n) is 17.2. The Bertz CT molecular complexity index is 3130. The average Bonchev–Trinajstić information content (AvgIpc) is 3.85. The highest BCUT2D eigenvalue weighted by Crippen LogP contribution is 2.38. The van der Waals surface area contributed by atoms with Crippen molar-refractivity contribution >= 4 is 65.8 Å². The van der Waals surface area contributed by atoms with Gasteiger partial charge in [-0.2, -0.15) is 0 Å². The van der Waals surface area contributed by atoms with Crippen LogP contribution in [0.3, 0.4) is 0 Å². The van der Waals surface area contributed by atoms with Crippen molar-refractivity contribution in [1.82, 2.24) is 19.1 Å². The maximum absolute atomic E-state index is 6.33. The van der Waals surface area contributed by atoms with Crippen LogP contribution in [0.15, 0.2) is 174 Å². The normalized spacial score (nSPS) is 11.9. The maximum Gasteiger partial charge on any atom is 0.229 e. The molecule has 0 N–H and O–H groups in total. The predicted octanol–water partition coefficient (Wildman–Crippen LogP) is 11.9. The van der Waals surface area contributed by atoms with Crippen molar-refractivity contribution in [2.24, 2.45) is 0 Å². The number of hydrogen-bond acceptors (Lipinski definition) is 3. The van der Waals surface area contributed by atoms with Gasteiger partial charge in [0.1, 0.15) is 5.52 Å². The largest absolute Gasteiger partial charge is 0.436 e. The number of nitrogens with zero attached hydrogens (tertiary/aromatic N) is 4. The van der Waals surface area contributed by atoms with Gasteiger partial charge >= 0.3 is 0 Å². The molecule has 51 heavy (non-hydrogen) atoms. The third-order valence-electron chi connectivity index (χ3n) is 10.1. The minimum absolute atomic E-state index is 0.582. The van der Waals surface area contributed by atoms with Crippen molar-refractivity contribution in [1.29, 1.82) is 0 Å². The summed E-state index contributed by atoms with van der Waals surface area (Å²) in [6.07, 6.45) is 0. The first-order valence-corrected chi connectivity index (χ1v) is 17.2. The van der Waals surface area contributed by atoms with Crippen LogP contribution in [0, 0.1) is 0 Å². The summed E-state index contributed by atoms with van der Waals surface area (Å²) in [5.74, 6) is 0. The highest BCUT2D eigenvalue weighted by Gasteiger charge is 2.17. The van der Waals surface area contributed by atoms with Crippen molar-refractivity contribution in [3.63, 3.8) is 0 Å². The second kappa shape index (κ2) is 10.8. The molecule has 0 saturated heterocycles. The summed E-state index contributed by atoms with van der Waals surface area (Å²) in [6, 6.07) is 59.7. The summed E-state index contributed by atoms with van der Waals surface area (Å²) in [4.78, 5) is 10.2. The number of pyridine rings is 2. The van der Waals surface area contributed by atoms with Gasteiger partial charge in [-0.05, 0) is 78.9 Å². The molecule has 5 heteroatoms. The molecule has 0 saturated carbocycles. The van der Waals surface area contributed by atoms with Gasteiger partial charge in [0.15, 0.2) is 5.58 Å². The molecule has 0 aliphatic carbocycles. The van der Waals surface area contributed by atoms with Gasteiger partial charge in [0.25, 0.3) is 0 Å². The molecule has 0 atom stereocenters. The van der Waals surface area contributed by atoms with Gasteiger partial charge < -0.3 is 13.6 Å². The Hall–Kier alpha value is -6.98. The fourth-order valence-electron chi connectivity index (χ4n) is 7.82. The summed E-state index contributed by atoms with van der Waals surface area (Å²) in [6.45, 7) is 0. The van der Waals surface area contributed by atoms with Crippen LogP contribution >= 0.6 is 0 Å². The van der Waals surface area contributed by atoms with Crippen molar-refractivity contribution in [3.8, 4) is 33.9 Å². The van der Waals surface area contributed by atoms with E-state index >= 15 is 0 Å².